The average Bonchev–Trinajstić information content (AvgIpc) is 3.11. The van der Waals surface area contributed by atoms with E-state index in [9.17, 15) is 9.59 Å². The van der Waals surface area contributed by atoms with Crippen molar-refractivity contribution in [2.45, 2.75) is 90.8 Å². The van der Waals surface area contributed by atoms with Crippen LogP contribution in [0.15, 0.2) is 34.1 Å². The van der Waals surface area contributed by atoms with Crippen molar-refractivity contribution in [3.8, 4) is 0 Å². The van der Waals surface area contributed by atoms with Crippen molar-refractivity contribution < 1.29 is 33.0 Å². The predicted molar refractivity (Wildman–Crippen MR) is 145 cm³/mol. The minimum absolute atomic E-state index is 0.0589. The van der Waals surface area contributed by atoms with Gasteiger partial charge in [0.1, 0.15) is 0 Å². The summed E-state index contributed by atoms with van der Waals surface area (Å²) in [7, 11) is 4.00. The number of allylic oxidation sites excluding steroid dienone is 5. The van der Waals surface area contributed by atoms with Gasteiger partial charge in [0.05, 0.1) is 31.5 Å². The molecule has 0 bridgehead atoms. The normalized spacial score (nSPS) is 26.1. The fourth-order valence-electron chi connectivity index (χ4n) is 6.27. The van der Waals surface area contributed by atoms with Gasteiger partial charge in [0.25, 0.3) is 0 Å². The lowest BCUT2D eigenvalue weighted by Gasteiger charge is -2.50. The highest BCUT2D eigenvalue weighted by atomic mass is 28.4. The van der Waals surface area contributed by atoms with Crippen molar-refractivity contribution in [1.29, 1.82) is 0 Å². The third kappa shape index (κ3) is 5.02. The average molecular weight is 535 g/mol. The fraction of sp³-hybridized carbons (Fsp3) is 0.724. The predicted octanol–water partition coefficient (Wildman–Crippen LogP) is 5.72. The van der Waals surface area contributed by atoms with Crippen molar-refractivity contribution >= 4 is 20.1 Å². The lowest BCUT2D eigenvalue weighted by atomic mass is 9.57. The van der Waals surface area contributed by atoms with Crippen LogP contribution in [0.4, 0.5) is 0 Å². The Kier molecular flexibility index (Phi) is 8.69. The van der Waals surface area contributed by atoms with Crippen LogP contribution in [0.1, 0.15) is 60.3 Å². The molecule has 0 radical (unpaired) electrons. The molecule has 0 N–H and O–H groups in total. The Bertz CT molecular complexity index is 1010. The van der Waals surface area contributed by atoms with Crippen LogP contribution in [-0.4, -0.2) is 60.9 Å². The highest BCUT2D eigenvalue weighted by Gasteiger charge is 2.61. The first kappa shape index (κ1) is 29.8. The Morgan fingerprint density at radius 2 is 1.76 bits per heavy atom. The Balaban J connectivity index is 2.22. The third-order valence-electron chi connectivity index (χ3n) is 9.37. The summed E-state index contributed by atoms with van der Waals surface area (Å²) in [6, 6.07) is 0. The van der Waals surface area contributed by atoms with Gasteiger partial charge >= 0.3 is 5.97 Å². The molecule has 0 spiro atoms. The van der Waals surface area contributed by atoms with Crippen LogP contribution in [0.5, 0.6) is 0 Å². The Labute approximate surface area is 223 Å². The summed E-state index contributed by atoms with van der Waals surface area (Å²) in [5.41, 5.74) is 2.85. The minimum Gasteiger partial charge on any atom is -0.501 e. The molecule has 0 aliphatic heterocycles. The van der Waals surface area contributed by atoms with E-state index in [1.807, 2.05) is 13.8 Å². The minimum atomic E-state index is -2.30. The molecule has 7 nitrogen and oxygen atoms in total. The second-order valence-electron chi connectivity index (χ2n) is 12.3. The molecule has 1 saturated carbocycles. The number of ether oxygens (including phenoxy) is 4. The highest BCUT2D eigenvalue weighted by Crippen LogP contribution is 2.59. The molecule has 0 aromatic heterocycles. The van der Waals surface area contributed by atoms with Crippen molar-refractivity contribution in [2.24, 2.45) is 17.3 Å². The van der Waals surface area contributed by atoms with E-state index in [-0.39, 0.29) is 35.0 Å². The molecule has 1 fully saturated rings. The van der Waals surface area contributed by atoms with Gasteiger partial charge in [-0.05, 0) is 55.1 Å². The zero-order valence-corrected chi connectivity index (χ0v) is 25.6. The number of hydrogen-bond donors (Lipinski definition) is 0. The molecular formula is C29H46O7Si. The van der Waals surface area contributed by atoms with Crippen molar-refractivity contribution in [1.82, 2.24) is 0 Å². The molecule has 0 aromatic carbocycles. The first-order valence-electron chi connectivity index (χ1n) is 13.2. The fourth-order valence-corrected chi connectivity index (χ4v) is 7.61. The van der Waals surface area contributed by atoms with Gasteiger partial charge in [-0.2, -0.15) is 0 Å². The SMILES string of the molecule is COC(=O)[C@@]1([C@H](C)[C@@H](O[Si](C)(C)C(C)(C)C)C(OC)OC)CCC2=C3C(=C(C)CC(OC)=C2)C(=O)C[C@@H]31. The second kappa shape index (κ2) is 10.8. The van der Waals surface area contributed by atoms with E-state index in [2.05, 4.69) is 39.9 Å². The summed E-state index contributed by atoms with van der Waals surface area (Å²) in [6.07, 6.45) is 2.90. The molecule has 4 atom stereocenters. The van der Waals surface area contributed by atoms with E-state index in [0.29, 0.717) is 19.3 Å². The van der Waals surface area contributed by atoms with Gasteiger partial charge in [0, 0.05) is 44.5 Å². The van der Waals surface area contributed by atoms with Crippen LogP contribution in [0.25, 0.3) is 0 Å². The van der Waals surface area contributed by atoms with E-state index < -0.39 is 26.1 Å². The molecule has 0 heterocycles. The van der Waals surface area contributed by atoms with Gasteiger partial charge < -0.3 is 23.4 Å². The second-order valence-corrected chi connectivity index (χ2v) is 17.0. The van der Waals surface area contributed by atoms with Gasteiger partial charge in [-0.25, -0.2) is 0 Å². The number of Topliss-reactive ketones (excluding diaryl/α,β-unsaturated/α-hetero) is 1. The standard InChI is InChI=1S/C29H46O7Si/c1-17-14-20(32-6)15-19-12-13-29(27(31)35-9,21-16-22(30)23(17)24(19)21)18(2)25(26(33-7)34-8)36-37(10,11)28(3,4)5/h15,18,21,25-26H,12-14,16H2,1-11H3/t18-,21+,25-,29-/m1/s1. The van der Waals surface area contributed by atoms with Gasteiger partial charge in [-0.1, -0.05) is 33.3 Å². The summed E-state index contributed by atoms with van der Waals surface area (Å²) in [4.78, 5) is 27.4. The van der Waals surface area contributed by atoms with Crippen LogP contribution in [0, 0.1) is 17.3 Å². The van der Waals surface area contributed by atoms with Gasteiger partial charge in [0.15, 0.2) is 20.4 Å². The number of rotatable bonds is 9. The lowest BCUT2D eigenvalue weighted by molar-refractivity contribution is -0.198. The quantitative estimate of drug-likeness (QED) is 0.213. The molecule has 0 saturated heterocycles. The maximum absolute atomic E-state index is 13.9. The first-order chi connectivity index (χ1) is 17.2. The summed E-state index contributed by atoms with van der Waals surface area (Å²) in [5.74, 6) is -0.0496. The van der Waals surface area contributed by atoms with E-state index in [4.69, 9.17) is 23.4 Å². The van der Waals surface area contributed by atoms with E-state index in [1.165, 1.54) is 7.11 Å². The van der Waals surface area contributed by atoms with Crippen LogP contribution in [0.3, 0.4) is 0 Å². The van der Waals surface area contributed by atoms with E-state index in [1.54, 1.807) is 21.3 Å². The Morgan fingerprint density at radius 1 is 1.14 bits per heavy atom. The first-order valence-corrected chi connectivity index (χ1v) is 16.1. The number of hydrogen-bond acceptors (Lipinski definition) is 7. The summed E-state index contributed by atoms with van der Waals surface area (Å²) < 4.78 is 29.7. The molecular weight excluding hydrogens is 488 g/mol. The molecule has 8 heteroatoms. The van der Waals surface area contributed by atoms with Crippen molar-refractivity contribution in [3.63, 3.8) is 0 Å². The van der Waals surface area contributed by atoms with Gasteiger partial charge in [0.2, 0.25) is 0 Å². The van der Waals surface area contributed by atoms with Crippen LogP contribution in [-0.2, 0) is 33.0 Å². The number of carbonyl (C=O) groups is 2. The molecule has 208 valence electrons. The third-order valence-corrected chi connectivity index (χ3v) is 13.8. The number of methoxy groups -OCH3 is 4. The molecule has 0 amide bonds. The number of ketones is 1. The molecule has 3 aliphatic rings. The van der Waals surface area contributed by atoms with E-state index >= 15 is 0 Å². The van der Waals surface area contributed by atoms with Crippen molar-refractivity contribution in [3.05, 3.63) is 34.1 Å². The van der Waals surface area contributed by atoms with Crippen LogP contribution in [0.2, 0.25) is 18.1 Å². The molecule has 37 heavy (non-hydrogen) atoms. The summed E-state index contributed by atoms with van der Waals surface area (Å²) in [6.45, 7) is 15.0. The summed E-state index contributed by atoms with van der Waals surface area (Å²) in [5, 5.41) is -0.0589. The van der Waals surface area contributed by atoms with Crippen molar-refractivity contribution in [2.75, 3.05) is 28.4 Å². The Hall–Kier alpha value is -1.74. The topological polar surface area (TPSA) is 80.3 Å². The van der Waals surface area contributed by atoms with Gasteiger partial charge in [-0.15, -0.1) is 0 Å². The maximum Gasteiger partial charge on any atom is 0.312 e. The van der Waals surface area contributed by atoms with Crippen LogP contribution >= 0.6 is 0 Å². The summed E-state index contributed by atoms with van der Waals surface area (Å²) >= 11 is 0. The highest BCUT2D eigenvalue weighted by molar-refractivity contribution is 6.74. The smallest absolute Gasteiger partial charge is 0.312 e. The van der Waals surface area contributed by atoms with Crippen LogP contribution < -0.4 is 0 Å². The largest absolute Gasteiger partial charge is 0.501 e. The molecule has 3 rings (SSSR count). The number of esters is 1. The Morgan fingerprint density at radius 3 is 2.27 bits per heavy atom. The molecule has 0 aromatic rings. The van der Waals surface area contributed by atoms with E-state index in [0.717, 1.165) is 28.1 Å². The molecule has 3 aliphatic carbocycles. The number of carbonyl (C=O) groups excluding carboxylic acids is 2. The lowest BCUT2D eigenvalue weighted by Crippen LogP contribution is -2.57. The maximum atomic E-state index is 13.9. The zero-order valence-electron chi connectivity index (χ0n) is 24.6. The monoisotopic (exact) mass is 534 g/mol. The molecule has 0 unspecified atom stereocenters. The van der Waals surface area contributed by atoms with Gasteiger partial charge in [-0.3, -0.25) is 9.59 Å². The zero-order chi connectivity index (χ0) is 27.9.